The van der Waals surface area contributed by atoms with Crippen molar-refractivity contribution in [2.45, 2.75) is 31.7 Å². The van der Waals surface area contributed by atoms with Gasteiger partial charge in [0.1, 0.15) is 17.3 Å². The SMILES string of the molecule is N=C(N)c1cnc(N(CCO)C2CCCC2)cn1. The smallest absolute Gasteiger partial charge is 0.147 e. The minimum atomic E-state index is -0.0800. The lowest BCUT2D eigenvalue weighted by atomic mass is 10.2. The van der Waals surface area contributed by atoms with Crippen LogP contribution < -0.4 is 10.6 Å². The normalized spacial score (nSPS) is 15.8. The Kier molecular flexibility index (Phi) is 4.09. The molecular weight excluding hydrogens is 230 g/mol. The number of aliphatic hydroxyl groups excluding tert-OH is 1. The van der Waals surface area contributed by atoms with Crippen molar-refractivity contribution in [1.82, 2.24) is 9.97 Å². The van der Waals surface area contributed by atoms with Gasteiger partial charge in [-0.25, -0.2) is 9.97 Å². The highest BCUT2D eigenvalue weighted by atomic mass is 16.3. The van der Waals surface area contributed by atoms with E-state index in [0.717, 1.165) is 18.7 Å². The minimum absolute atomic E-state index is 0.0800. The van der Waals surface area contributed by atoms with Gasteiger partial charge in [0.05, 0.1) is 19.0 Å². The molecule has 98 valence electrons. The highest BCUT2D eigenvalue weighted by Gasteiger charge is 2.23. The molecule has 6 nitrogen and oxygen atoms in total. The van der Waals surface area contributed by atoms with E-state index in [1.54, 1.807) is 6.20 Å². The Balaban J connectivity index is 2.16. The largest absolute Gasteiger partial charge is 0.395 e. The number of anilines is 1. The third kappa shape index (κ3) is 2.76. The highest BCUT2D eigenvalue weighted by Crippen LogP contribution is 2.26. The number of aromatic nitrogens is 2. The zero-order chi connectivity index (χ0) is 13.0. The van der Waals surface area contributed by atoms with Crippen LogP contribution in [0.3, 0.4) is 0 Å². The Morgan fingerprint density at radius 1 is 1.39 bits per heavy atom. The standard InChI is InChI=1S/C12H19N5O/c13-12(14)10-7-16-11(8-15-10)17(5-6-18)9-3-1-2-4-9/h7-9,18H,1-6H2,(H3,13,14). The van der Waals surface area contributed by atoms with Gasteiger partial charge < -0.3 is 15.7 Å². The van der Waals surface area contributed by atoms with Crippen LogP contribution in [0.2, 0.25) is 0 Å². The first-order chi connectivity index (χ1) is 8.72. The zero-order valence-electron chi connectivity index (χ0n) is 10.3. The molecule has 0 saturated heterocycles. The Labute approximate surface area is 106 Å². The van der Waals surface area contributed by atoms with E-state index in [4.69, 9.17) is 16.2 Å². The van der Waals surface area contributed by atoms with E-state index in [-0.39, 0.29) is 12.4 Å². The van der Waals surface area contributed by atoms with Crippen LogP contribution in [-0.4, -0.2) is 40.1 Å². The molecule has 0 radical (unpaired) electrons. The average Bonchev–Trinajstić information content (AvgIpc) is 2.90. The summed E-state index contributed by atoms with van der Waals surface area (Å²) in [6.07, 6.45) is 7.87. The molecule has 6 heteroatoms. The third-order valence-corrected chi connectivity index (χ3v) is 3.31. The second-order valence-corrected chi connectivity index (χ2v) is 4.53. The zero-order valence-corrected chi connectivity index (χ0v) is 10.3. The van der Waals surface area contributed by atoms with Gasteiger partial charge in [-0.05, 0) is 12.8 Å². The predicted octanol–water partition coefficient (Wildman–Crippen LogP) is 0.502. The molecular formula is C12H19N5O. The molecule has 1 aromatic heterocycles. The van der Waals surface area contributed by atoms with Crippen LogP contribution >= 0.6 is 0 Å². The molecule has 0 atom stereocenters. The Morgan fingerprint density at radius 2 is 2.11 bits per heavy atom. The number of rotatable bonds is 5. The van der Waals surface area contributed by atoms with E-state index >= 15 is 0 Å². The van der Waals surface area contributed by atoms with E-state index in [0.29, 0.717) is 18.3 Å². The Hall–Kier alpha value is -1.69. The van der Waals surface area contributed by atoms with Crippen LogP contribution in [0, 0.1) is 5.41 Å². The van der Waals surface area contributed by atoms with Crippen LogP contribution in [0.4, 0.5) is 5.82 Å². The summed E-state index contributed by atoms with van der Waals surface area (Å²) in [5, 5.41) is 16.4. The molecule has 1 fully saturated rings. The van der Waals surface area contributed by atoms with Gasteiger partial charge in [0.2, 0.25) is 0 Å². The van der Waals surface area contributed by atoms with Gasteiger partial charge in [0.15, 0.2) is 0 Å². The second-order valence-electron chi connectivity index (χ2n) is 4.53. The van der Waals surface area contributed by atoms with Crippen LogP contribution in [0.5, 0.6) is 0 Å². The molecule has 0 bridgehead atoms. The first kappa shape index (κ1) is 12.8. The number of hydrogen-bond acceptors (Lipinski definition) is 5. The molecule has 0 aliphatic heterocycles. The summed E-state index contributed by atoms with van der Waals surface area (Å²) >= 11 is 0. The predicted molar refractivity (Wildman–Crippen MR) is 69.7 cm³/mol. The number of nitrogen functional groups attached to an aromatic ring is 1. The van der Waals surface area contributed by atoms with E-state index < -0.39 is 0 Å². The van der Waals surface area contributed by atoms with E-state index in [1.165, 1.54) is 19.0 Å². The van der Waals surface area contributed by atoms with Gasteiger partial charge in [0, 0.05) is 12.6 Å². The van der Waals surface area contributed by atoms with Crippen molar-refractivity contribution in [2.75, 3.05) is 18.1 Å². The molecule has 0 amide bonds. The highest BCUT2D eigenvalue weighted by molar-refractivity contribution is 5.92. The summed E-state index contributed by atoms with van der Waals surface area (Å²) in [7, 11) is 0. The van der Waals surface area contributed by atoms with E-state index in [9.17, 15) is 0 Å². The molecule has 18 heavy (non-hydrogen) atoms. The summed E-state index contributed by atoms with van der Waals surface area (Å²) in [6, 6.07) is 0.439. The van der Waals surface area contributed by atoms with Crippen molar-refractivity contribution in [3.63, 3.8) is 0 Å². The van der Waals surface area contributed by atoms with Gasteiger partial charge in [-0.3, -0.25) is 5.41 Å². The summed E-state index contributed by atoms with van der Waals surface area (Å²) in [4.78, 5) is 10.5. The maximum Gasteiger partial charge on any atom is 0.147 e. The number of nitrogens with zero attached hydrogens (tertiary/aromatic N) is 3. The maximum atomic E-state index is 9.16. The van der Waals surface area contributed by atoms with E-state index in [1.807, 2.05) is 0 Å². The van der Waals surface area contributed by atoms with Crippen LogP contribution in [0.25, 0.3) is 0 Å². The van der Waals surface area contributed by atoms with Crippen LogP contribution in [0.15, 0.2) is 12.4 Å². The maximum absolute atomic E-state index is 9.16. The fraction of sp³-hybridized carbons (Fsp3) is 0.583. The summed E-state index contributed by atoms with van der Waals surface area (Å²) in [5.74, 6) is 0.671. The third-order valence-electron chi connectivity index (χ3n) is 3.31. The average molecular weight is 249 g/mol. The lowest BCUT2D eigenvalue weighted by Crippen LogP contribution is -2.36. The Bertz CT molecular complexity index is 399. The molecule has 2 rings (SSSR count). The number of hydrogen-bond donors (Lipinski definition) is 3. The molecule has 0 aromatic carbocycles. The fourth-order valence-corrected chi connectivity index (χ4v) is 2.42. The number of nitrogens with one attached hydrogen (secondary N) is 1. The summed E-state index contributed by atoms with van der Waals surface area (Å²) < 4.78 is 0. The van der Waals surface area contributed by atoms with Crippen molar-refractivity contribution in [3.8, 4) is 0 Å². The molecule has 1 aliphatic rings. The minimum Gasteiger partial charge on any atom is -0.395 e. The lowest BCUT2D eigenvalue weighted by molar-refractivity contribution is 0.296. The van der Waals surface area contributed by atoms with Crippen LogP contribution in [0.1, 0.15) is 31.4 Å². The van der Waals surface area contributed by atoms with Crippen molar-refractivity contribution >= 4 is 11.7 Å². The molecule has 0 spiro atoms. The van der Waals surface area contributed by atoms with Crippen molar-refractivity contribution in [3.05, 3.63) is 18.1 Å². The first-order valence-corrected chi connectivity index (χ1v) is 6.26. The second kappa shape index (κ2) is 5.77. The van der Waals surface area contributed by atoms with Gasteiger partial charge >= 0.3 is 0 Å². The number of aliphatic hydroxyl groups is 1. The van der Waals surface area contributed by atoms with Crippen molar-refractivity contribution in [1.29, 1.82) is 5.41 Å². The molecule has 0 unspecified atom stereocenters. The summed E-state index contributed by atoms with van der Waals surface area (Å²) in [5.41, 5.74) is 5.73. The number of amidine groups is 1. The number of nitrogens with two attached hydrogens (primary N) is 1. The fourth-order valence-electron chi connectivity index (χ4n) is 2.42. The molecule has 1 saturated carbocycles. The quantitative estimate of drug-likeness (QED) is 0.521. The molecule has 1 heterocycles. The van der Waals surface area contributed by atoms with Crippen molar-refractivity contribution < 1.29 is 5.11 Å². The van der Waals surface area contributed by atoms with Crippen molar-refractivity contribution in [2.24, 2.45) is 5.73 Å². The van der Waals surface area contributed by atoms with Gasteiger partial charge in [0.25, 0.3) is 0 Å². The van der Waals surface area contributed by atoms with Gasteiger partial charge in [-0.2, -0.15) is 0 Å². The first-order valence-electron chi connectivity index (χ1n) is 6.26. The van der Waals surface area contributed by atoms with Crippen LogP contribution in [-0.2, 0) is 0 Å². The van der Waals surface area contributed by atoms with E-state index in [2.05, 4.69) is 14.9 Å². The van der Waals surface area contributed by atoms with Gasteiger partial charge in [-0.1, -0.05) is 12.8 Å². The summed E-state index contributed by atoms with van der Waals surface area (Å²) in [6.45, 7) is 0.672. The topological polar surface area (TPSA) is 99.1 Å². The molecule has 1 aromatic rings. The van der Waals surface area contributed by atoms with Gasteiger partial charge in [-0.15, -0.1) is 0 Å². The Morgan fingerprint density at radius 3 is 2.61 bits per heavy atom. The molecule has 4 N–H and O–H groups in total. The monoisotopic (exact) mass is 249 g/mol. The molecule has 1 aliphatic carbocycles. The lowest BCUT2D eigenvalue weighted by Gasteiger charge is -2.29.